The largest absolute Gasteiger partial charge is 0.303 e. The first-order valence-corrected chi connectivity index (χ1v) is 6.51. The van der Waals surface area contributed by atoms with Gasteiger partial charge in [0.2, 0.25) is 0 Å². The molecule has 2 rings (SSSR count). The number of unbranched alkanes of at least 4 members (excludes halogenated alkanes) is 2. The van der Waals surface area contributed by atoms with Gasteiger partial charge in [0.15, 0.2) is 0 Å². The monoisotopic (exact) mass is 195 g/mol. The molecule has 0 aromatic rings. The predicted molar refractivity (Wildman–Crippen MR) is 61.4 cm³/mol. The van der Waals surface area contributed by atoms with E-state index in [-0.39, 0.29) is 0 Å². The number of nitrogens with zero attached hydrogens (tertiary/aromatic N) is 1. The Bertz CT molecular complexity index is 172. The molecule has 1 saturated heterocycles. The first-order chi connectivity index (χ1) is 6.81. The van der Waals surface area contributed by atoms with Gasteiger partial charge < -0.3 is 4.90 Å². The Morgan fingerprint density at radius 2 is 2.00 bits per heavy atom. The van der Waals surface area contributed by atoms with E-state index in [1.807, 2.05) is 0 Å². The van der Waals surface area contributed by atoms with Gasteiger partial charge in [-0.1, -0.05) is 32.6 Å². The Kier molecular flexibility index (Phi) is 3.48. The summed E-state index contributed by atoms with van der Waals surface area (Å²) in [6.07, 6.45) is 10.4. The van der Waals surface area contributed by atoms with E-state index in [0.717, 1.165) is 17.9 Å². The molecule has 1 aliphatic heterocycles. The molecular weight excluding hydrogens is 170 g/mol. The van der Waals surface area contributed by atoms with Crippen LogP contribution in [0.1, 0.15) is 51.9 Å². The van der Waals surface area contributed by atoms with Gasteiger partial charge >= 0.3 is 0 Å². The zero-order chi connectivity index (χ0) is 9.97. The summed E-state index contributed by atoms with van der Waals surface area (Å²) in [5.41, 5.74) is 0. The van der Waals surface area contributed by atoms with Crippen molar-refractivity contribution in [3.05, 3.63) is 0 Å². The molecule has 1 unspecified atom stereocenters. The van der Waals surface area contributed by atoms with Crippen LogP contribution in [0.25, 0.3) is 0 Å². The lowest BCUT2D eigenvalue weighted by atomic mass is 9.67. The minimum absolute atomic E-state index is 0.970. The number of likely N-dealkylation sites (tertiary alicyclic amines) is 1. The number of hydrogen-bond acceptors (Lipinski definition) is 1. The van der Waals surface area contributed by atoms with E-state index >= 15 is 0 Å². The lowest BCUT2D eigenvalue weighted by Crippen LogP contribution is -2.52. The summed E-state index contributed by atoms with van der Waals surface area (Å²) in [6, 6.07) is 0.970. The summed E-state index contributed by atoms with van der Waals surface area (Å²) >= 11 is 0. The van der Waals surface area contributed by atoms with Crippen LogP contribution in [0.5, 0.6) is 0 Å². The molecule has 1 aliphatic carbocycles. The van der Waals surface area contributed by atoms with Crippen LogP contribution in [0.2, 0.25) is 0 Å². The van der Waals surface area contributed by atoms with E-state index in [1.54, 1.807) is 12.8 Å². The highest BCUT2D eigenvalue weighted by Crippen LogP contribution is 2.43. The maximum absolute atomic E-state index is 2.55. The van der Waals surface area contributed by atoms with Crippen molar-refractivity contribution >= 4 is 0 Å². The quantitative estimate of drug-likeness (QED) is 0.608. The molecule has 2 aliphatic rings. The van der Waals surface area contributed by atoms with Crippen molar-refractivity contribution in [2.24, 2.45) is 11.8 Å². The van der Waals surface area contributed by atoms with Crippen molar-refractivity contribution in [3.63, 3.8) is 0 Å². The SMILES string of the molecule is CCCCCC1CC(C2CCN2C)C1. The number of hydrogen-bond donors (Lipinski definition) is 0. The van der Waals surface area contributed by atoms with Crippen molar-refractivity contribution in [2.45, 2.75) is 57.9 Å². The lowest BCUT2D eigenvalue weighted by Gasteiger charge is -2.50. The molecule has 0 aromatic carbocycles. The third-order valence-electron chi connectivity index (χ3n) is 4.38. The second kappa shape index (κ2) is 4.65. The van der Waals surface area contributed by atoms with E-state index in [2.05, 4.69) is 18.9 Å². The predicted octanol–water partition coefficient (Wildman–Crippen LogP) is 3.30. The van der Waals surface area contributed by atoms with Crippen LogP contribution >= 0.6 is 0 Å². The lowest BCUT2D eigenvalue weighted by molar-refractivity contribution is 0.00651. The van der Waals surface area contributed by atoms with Crippen molar-refractivity contribution in [1.82, 2.24) is 4.90 Å². The van der Waals surface area contributed by atoms with Crippen LogP contribution in [0.4, 0.5) is 0 Å². The maximum atomic E-state index is 2.55. The molecule has 1 saturated carbocycles. The van der Waals surface area contributed by atoms with Gasteiger partial charge in [0.05, 0.1) is 0 Å². The minimum Gasteiger partial charge on any atom is -0.303 e. The smallest absolute Gasteiger partial charge is 0.0133 e. The van der Waals surface area contributed by atoms with Gasteiger partial charge in [0, 0.05) is 6.04 Å². The molecule has 1 heteroatoms. The van der Waals surface area contributed by atoms with E-state index in [1.165, 1.54) is 38.6 Å². The fourth-order valence-electron chi connectivity index (χ4n) is 3.15. The first-order valence-electron chi connectivity index (χ1n) is 6.51. The molecule has 2 fully saturated rings. The highest BCUT2D eigenvalue weighted by Gasteiger charge is 2.39. The van der Waals surface area contributed by atoms with Gasteiger partial charge in [-0.05, 0) is 44.7 Å². The van der Waals surface area contributed by atoms with Crippen molar-refractivity contribution in [1.29, 1.82) is 0 Å². The molecule has 0 spiro atoms. The highest BCUT2D eigenvalue weighted by atomic mass is 15.2. The summed E-state index contributed by atoms with van der Waals surface area (Å²) in [5, 5.41) is 0. The molecule has 82 valence electrons. The maximum Gasteiger partial charge on any atom is 0.0133 e. The van der Waals surface area contributed by atoms with Crippen LogP contribution in [-0.4, -0.2) is 24.5 Å². The van der Waals surface area contributed by atoms with Crippen LogP contribution in [-0.2, 0) is 0 Å². The Balaban J connectivity index is 1.55. The third-order valence-corrected chi connectivity index (χ3v) is 4.38. The minimum atomic E-state index is 0.970. The molecule has 0 bridgehead atoms. The second-order valence-electron chi connectivity index (χ2n) is 5.43. The first kappa shape index (κ1) is 10.5. The van der Waals surface area contributed by atoms with E-state index in [4.69, 9.17) is 0 Å². The molecule has 0 aromatic heterocycles. The molecule has 0 radical (unpaired) electrons. The zero-order valence-corrected chi connectivity index (χ0v) is 9.84. The average Bonchev–Trinajstić information content (AvgIpc) is 2.11. The third kappa shape index (κ3) is 2.13. The van der Waals surface area contributed by atoms with Crippen LogP contribution < -0.4 is 0 Å². The molecule has 0 N–H and O–H groups in total. The molecule has 0 amide bonds. The van der Waals surface area contributed by atoms with Crippen LogP contribution in [0.3, 0.4) is 0 Å². The van der Waals surface area contributed by atoms with Crippen LogP contribution in [0.15, 0.2) is 0 Å². The standard InChI is InChI=1S/C13H25N/c1-3-4-5-6-11-9-12(10-11)13-7-8-14(13)2/h11-13H,3-10H2,1-2H3. The van der Waals surface area contributed by atoms with E-state index in [0.29, 0.717) is 0 Å². The highest BCUT2D eigenvalue weighted by molar-refractivity contribution is 4.93. The summed E-state index contributed by atoms with van der Waals surface area (Å²) < 4.78 is 0. The van der Waals surface area contributed by atoms with Gasteiger partial charge in [-0.2, -0.15) is 0 Å². The molecule has 14 heavy (non-hydrogen) atoms. The van der Waals surface area contributed by atoms with Crippen LogP contribution in [0, 0.1) is 11.8 Å². The normalized spacial score (nSPS) is 37.7. The average molecular weight is 195 g/mol. The fraction of sp³-hybridized carbons (Fsp3) is 1.00. The molecule has 1 heterocycles. The molecule has 1 atom stereocenters. The Labute approximate surface area is 88.9 Å². The Morgan fingerprint density at radius 1 is 1.21 bits per heavy atom. The number of rotatable bonds is 5. The fourth-order valence-corrected chi connectivity index (χ4v) is 3.15. The van der Waals surface area contributed by atoms with E-state index < -0.39 is 0 Å². The Morgan fingerprint density at radius 3 is 2.50 bits per heavy atom. The van der Waals surface area contributed by atoms with Gasteiger partial charge in [0.1, 0.15) is 0 Å². The summed E-state index contributed by atoms with van der Waals surface area (Å²) in [7, 11) is 2.29. The summed E-state index contributed by atoms with van der Waals surface area (Å²) in [6.45, 7) is 3.65. The topological polar surface area (TPSA) is 3.24 Å². The van der Waals surface area contributed by atoms with E-state index in [9.17, 15) is 0 Å². The molecule has 1 nitrogen and oxygen atoms in total. The Hall–Kier alpha value is -0.0400. The van der Waals surface area contributed by atoms with Gasteiger partial charge in [-0.15, -0.1) is 0 Å². The van der Waals surface area contributed by atoms with Gasteiger partial charge in [0.25, 0.3) is 0 Å². The van der Waals surface area contributed by atoms with Gasteiger partial charge in [-0.3, -0.25) is 0 Å². The summed E-state index contributed by atoms with van der Waals surface area (Å²) in [4.78, 5) is 2.55. The molecular formula is C13H25N. The van der Waals surface area contributed by atoms with Crippen molar-refractivity contribution in [3.8, 4) is 0 Å². The second-order valence-corrected chi connectivity index (χ2v) is 5.43. The van der Waals surface area contributed by atoms with Gasteiger partial charge in [-0.25, -0.2) is 0 Å². The van der Waals surface area contributed by atoms with Crippen molar-refractivity contribution < 1.29 is 0 Å². The zero-order valence-electron chi connectivity index (χ0n) is 9.84. The summed E-state index contributed by atoms with van der Waals surface area (Å²) in [5.74, 6) is 2.17. The van der Waals surface area contributed by atoms with Crippen molar-refractivity contribution in [2.75, 3.05) is 13.6 Å².